The standard InChI is InChI=1S/C25H24O6/c1-4-5-10-25-13-14-11-18(28-2)19(29-3)12-17(14)23(30-25)20-21(26)15-8-6-7-9-16(15)22(27)24(20)31-25/h6-9,11-12,23H,4-5,10,13H2,1-3H3/t23?,25-/m0/s1. The Labute approximate surface area is 180 Å². The summed E-state index contributed by atoms with van der Waals surface area (Å²) in [5.41, 5.74) is 2.80. The van der Waals surface area contributed by atoms with Gasteiger partial charge in [0.15, 0.2) is 23.0 Å². The number of hydrogen-bond acceptors (Lipinski definition) is 6. The first-order chi connectivity index (χ1) is 15.0. The smallest absolute Gasteiger partial charge is 0.228 e. The van der Waals surface area contributed by atoms with Gasteiger partial charge in [0, 0.05) is 24.0 Å². The molecule has 0 aromatic heterocycles. The van der Waals surface area contributed by atoms with Crippen molar-refractivity contribution in [3.05, 3.63) is 70.0 Å². The molecule has 2 aromatic rings. The minimum absolute atomic E-state index is 0.122. The van der Waals surface area contributed by atoms with Crippen LogP contribution in [0.1, 0.15) is 64.1 Å². The summed E-state index contributed by atoms with van der Waals surface area (Å²) in [5.74, 6) is -0.206. The van der Waals surface area contributed by atoms with E-state index < -0.39 is 11.9 Å². The summed E-state index contributed by atoms with van der Waals surface area (Å²) in [6, 6.07) is 10.6. The highest BCUT2D eigenvalue weighted by molar-refractivity contribution is 6.26. The number of carbonyl (C=O) groups is 2. The molecular formula is C25H24O6. The number of methoxy groups -OCH3 is 2. The van der Waals surface area contributed by atoms with Crippen LogP contribution in [-0.2, 0) is 15.9 Å². The topological polar surface area (TPSA) is 71.1 Å². The normalized spacial score (nSPS) is 23.5. The Morgan fingerprint density at radius 2 is 1.71 bits per heavy atom. The Morgan fingerprint density at radius 3 is 2.39 bits per heavy atom. The molecule has 0 spiro atoms. The van der Waals surface area contributed by atoms with E-state index in [4.69, 9.17) is 18.9 Å². The van der Waals surface area contributed by atoms with Gasteiger partial charge in [0.05, 0.1) is 19.8 Å². The predicted octanol–water partition coefficient (Wildman–Crippen LogP) is 4.57. The first-order valence-corrected chi connectivity index (χ1v) is 10.6. The highest BCUT2D eigenvalue weighted by Crippen LogP contribution is 2.52. The number of unbranched alkanes of at least 4 members (excludes halogenated alkanes) is 1. The summed E-state index contributed by atoms with van der Waals surface area (Å²) in [5, 5.41) is 0. The monoisotopic (exact) mass is 420 g/mol. The largest absolute Gasteiger partial charge is 0.493 e. The number of hydrogen-bond donors (Lipinski definition) is 0. The Balaban J connectivity index is 1.72. The van der Waals surface area contributed by atoms with Crippen LogP contribution in [0.5, 0.6) is 11.5 Å². The minimum Gasteiger partial charge on any atom is -0.493 e. The Bertz CT molecular complexity index is 1130. The summed E-state index contributed by atoms with van der Waals surface area (Å²) in [6.45, 7) is 2.10. The van der Waals surface area contributed by atoms with E-state index in [0.29, 0.717) is 35.5 Å². The SMILES string of the molecule is CCCC[C@]12Cc3cc(OC)c(OC)cc3C(O1)C1=C(O2)C(=O)c2ccccc2C1=O. The van der Waals surface area contributed by atoms with Gasteiger partial charge in [0.1, 0.15) is 6.10 Å². The molecule has 2 bridgehead atoms. The van der Waals surface area contributed by atoms with Gasteiger partial charge in [0.2, 0.25) is 11.6 Å². The number of carbonyl (C=O) groups excluding carboxylic acids is 2. The average Bonchev–Trinajstić information content (AvgIpc) is 2.80. The Kier molecular flexibility index (Phi) is 4.63. The van der Waals surface area contributed by atoms with Gasteiger partial charge in [-0.15, -0.1) is 0 Å². The molecule has 0 amide bonds. The van der Waals surface area contributed by atoms with Crippen molar-refractivity contribution in [1.29, 1.82) is 0 Å². The van der Waals surface area contributed by atoms with Gasteiger partial charge in [-0.05, 0) is 29.7 Å². The predicted molar refractivity (Wildman–Crippen MR) is 113 cm³/mol. The number of Topliss-reactive ketones (excluding diaryl/α,β-unsaturated/α-hetero) is 2. The summed E-state index contributed by atoms with van der Waals surface area (Å²) in [7, 11) is 3.16. The molecule has 6 heteroatoms. The van der Waals surface area contributed by atoms with E-state index in [1.54, 1.807) is 38.5 Å². The molecule has 5 rings (SSSR count). The van der Waals surface area contributed by atoms with Crippen molar-refractivity contribution in [1.82, 2.24) is 0 Å². The maximum Gasteiger partial charge on any atom is 0.228 e. The van der Waals surface area contributed by atoms with Crippen LogP contribution in [0.4, 0.5) is 0 Å². The first kappa shape index (κ1) is 19.8. The molecule has 0 fully saturated rings. The molecule has 0 saturated heterocycles. The zero-order valence-electron chi connectivity index (χ0n) is 17.8. The van der Waals surface area contributed by atoms with E-state index >= 15 is 0 Å². The van der Waals surface area contributed by atoms with Crippen LogP contribution in [0, 0.1) is 0 Å². The third kappa shape index (κ3) is 2.89. The average molecular weight is 420 g/mol. The molecule has 1 aliphatic carbocycles. The summed E-state index contributed by atoms with van der Waals surface area (Å²) in [4.78, 5) is 26.8. The summed E-state index contributed by atoms with van der Waals surface area (Å²) in [6.07, 6.45) is 2.21. The molecule has 2 atom stereocenters. The molecule has 6 nitrogen and oxygen atoms in total. The minimum atomic E-state index is -0.992. The molecule has 2 aromatic carbocycles. The lowest BCUT2D eigenvalue weighted by atomic mass is 9.78. The van der Waals surface area contributed by atoms with Gasteiger partial charge in [0.25, 0.3) is 0 Å². The maximum atomic E-state index is 13.5. The Hall–Kier alpha value is -3.12. The lowest BCUT2D eigenvalue weighted by Crippen LogP contribution is -2.49. The number of allylic oxidation sites excluding steroid dienone is 1. The number of rotatable bonds is 5. The first-order valence-electron chi connectivity index (χ1n) is 10.6. The zero-order chi connectivity index (χ0) is 21.8. The van der Waals surface area contributed by atoms with E-state index in [1.165, 1.54) is 0 Å². The van der Waals surface area contributed by atoms with Gasteiger partial charge >= 0.3 is 0 Å². The van der Waals surface area contributed by atoms with Crippen molar-refractivity contribution in [2.75, 3.05) is 14.2 Å². The summed E-state index contributed by atoms with van der Waals surface area (Å²) < 4.78 is 23.7. The molecule has 1 unspecified atom stereocenters. The fourth-order valence-electron chi connectivity index (χ4n) is 4.76. The van der Waals surface area contributed by atoms with E-state index in [-0.39, 0.29) is 22.9 Å². The second kappa shape index (κ2) is 7.24. The number of fused-ring (bicyclic) bond motifs is 6. The van der Waals surface area contributed by atoms with E-state index in [9.17, 15) is 9.59 Å². The van der Waals surface area contributed by atoms with Crippen molar-refractivity contribution in [2.24, 2.45) is 0 Å². The van der Waals surface area contributed by atoms with Crippen LogP contribution in [-0.4, -0.2) is 31.6 Å². The van der Waals surface area contributed by atoms with E-state index in [1.807, 2.05) is 12.1 Å². The third-order valence-corrected chi connectivity index (χ3v) is 6.29. The van der Waals surface area contributed by atoms with Crippen molar-refractivity contribution in [3.8, 4) is 11.5 Å². The van der Waals surface area contributed by atoms with Crippen LogP contribution in [0.3, 0.4) is 0 Å². The highest BCUT2D eigenvalue weighted by atomic mass is 16.7. The Morgan fingerprint density at radius 1 is 1.03 bits per heavy atom. The van der Waals surface area contributed by atoms with Crippen molar-refractivity contribution < 1.29 is 28.5 Å². The second-order valence-corrected chi connectivity index (χ2v) is 8.14. The fourth-order valence-corrected chi connectivity index (χ4v) is 4.76. The van der Waals surface area contributed by atoms with Crippen molar-refractivity contribution in [3.63, 3.8) is 0 Å². The van der Waals surface area contributed by atoms with Crippen molar-refractivity contribution in [2.45, 2.75) is 44.5 Å². The van der Waals surface area contributed by atoms with E-state index in [0.717, 1.165) is 24.0 Å². The molecule has 0 saturated carbocycles. The molecule has 31 heavy (non-hydrogen) atoms. The molecule has 160 valence electrons. The molecule has 3 aliphatic rings. The summed E-state index contributed by atoms with van der Waals surface area (Å²) >= 11 is 0. The van der Waals surface area contributed by atoms with Crippen LogP contribution in [0.15, 0.2) is 47.7 Å². The lowest BCUT2D eigenvalue weighted by molar-refractivity contribution is -0.258. The number of ether oxygens (including phenoxy) is 4. The van der Waals surface area contributed by atoms with Gasteiger partial charge in [-0.25, -0.2) is 0 Å². The molecule has 2 aliphatic heterocycles. The van der Waals surface area contributed by atoms with Gasteiger partial charge in [-0.1, -0.05) is 37.6 Å². The maximum absolute atomic E-state index is 13.5. The zero-order valence-corrected chi connectivity index (χ0v) is 17.8. The highest BCUT2D eigenvalue weighted by Gasteiger charge is 2.53. The molecule has 0 N–H and O–H groups in total. The number of ketones is 2. The lowest BCUT2D eigenvalue weighted by Gasteiger charge is -2.47. The van der Waals surface area contributed by atoms with Crippen LogP contribution in [0.25, 0.3) is 0 Å². The van der Waals surface area contributed by atoms with Crippen LogP contribution >= 0.6 is 0 Å². The molecule has 0 radical (unpaired) electrons. The van der Waals surface area contributed by atoms with Gasteiger partial charge < -0.3 is 18.9 Å². The second-order valence-electron chi connectivity index (χ2n) is 8.14. The quantitative estimate of drug-likeness (QED) is 0.706. The third-order valence-electron chi connectivity index (χ3n) is 6.29. The number of benzene rings is 2. The fraction of sp³-hybridized carbons (Fsp3) is 0.360. The van der Waals surface area contributed by atoms with Gasteiger partial charge in [-0.2, -0.15) is 0 Å². The molecule has 2 heterocycles. The van der Waals surface area contributed by atoms with Crippen LogP contribution in [0.2, 0.25) is 0 Å². The van der Waals surface area contributed by atoms with Crippen molar-refractivity contribution >= 4 is 11.6 Å². The van der Waals surface area contributed by atoms with Gasteiger partial charge in [-0.3, -0.25) is 9.59 Å². The van der Waals surface area contributed by atoms with E-state index in [2.05, 4.69) is 6.92 Å². The van der Waals surface area contributed by atoms with Crippen LogP contribution < -0.4 is 9.47 Å². The molecular weight excluding hydrogens is 396 g/mol.